The number of halogens is 2. The molecule has 0 aromatic heterocycles. The molecule has 1 aromatic rings. The number of benzene rings is 1. The van der Waals surface area contributed by atoms with E-state index in [2.05, 4.69) is 0 Å². The van der Waals surface area contributed by atoms with Gasteiger partial charge in [0.2, 0.25) is 0 Å². The van der Waals surface area contributed by atoms with Crippen LogP contribution in [-0.4, -0.2) is 6.29 Å². The Labute approximate surface area is 86.5 Å². The van der Waals surface area contributed by atoms with Crippen LogP contribution >= 0.6 is 11.6 Å². The molecular weight excluding hydrogens is 203 g/mol. The van der Waals surface area contributed by atoms with Crippen molar-refractivity contribution in [1.29, 1.82) is 0 Å². The van der Waals surface area contributed by atoms with E-state index in [0.717, 1.165) is 5.56 Å². The summed E-state index contributed by atoms with van der Waals surface area (Å²) in [6.45, 7) is 0. The van der Waals surface area contributed by atoms with Crippen molar-refractivity contribution < 1.29 is 9.18 Å². The third-order valence-electron chi connectivity index (χ3n) is 1.53. The van der Waals surface area contributed by atoms with Gasteiger partial charge in [0.05, 0.1) is 5.02 Å². The molecule has 0 spiro atoms. The molecule has 0 aliphatic carbocycles. The fourth-order valence-corrected chi connectivity index (χ4v) is 1.08. The molecule has 1 aromatic carbocycles. The van der Waals surface area contributed by atoms with Crippen molar-refractivity contribution in [2.24, 2.45) is 0 Å². The summed E-state index contributed by atoms with van der Waals surface area (Å²) in [6, 6.07) is 4.42. The molecule has 72 valence electrons. The zero-order valence-corrected chi connectivity index (χ0v) is 8.04. The standard InChI is InChI=1S/C11H8ClFO/c12-10-8-9(5-6-11(10)13)4-2-1-3-7-14/h1-8H/b3-1+,4-2+. The largest absolute Gasteiger partial charge is 0.299 e. The summed E-state index contributed by atoms with van der Waals surface area (Å²) in [6.07, 6.45) is 7.04. The van der Waals surface area contributed by atoms with Crippen molar-refractivity contribution in [1.82, 2.24) is 0 Å². The Morgan fingerprint density at radius 1 is 1.21 bits per heavy atom. The predicted octanol–water partition coefficient (Wildman–Crippen LogP) is 3.25. The van der Waals surface area contributed by atoms with Gasteiger partial charge in [-0.15, -0.1) is 0 Å². The second-order valence-electron chi connectivity index (χ2n) is 2.55. The second kappa shape index (κ2) is 5.35. The number of allylic oxidation sites excluding steroid dienone is 3. The first kappa shape index (κ1) is 10.7. The van der Waals surface area contributed by atoms with Gasteiger partial charge < -0.3 is 0 Å². The first-order valence-electron chi connectivity index (χ1n) is 3.97. The Hall–Kier alpha value is -1.41. The van der Waals surface area contributed by atoms with Crippen LogP contribution in [0.5, 0.6) is 0 Å². The van der Waals surface area contributed by atoms with Gasteiger partial charge in [0.15, 0.2) is 0 Å². The van der Waals surface area contributed by atoms with Crippen LogP contribution in [0.15, 0.2) is 36.4 Å². The number of carbonyl (C=O) groups is 1. The van der Waals surface area contributed by atoms with Crippen molar-refractivity contribution >= 4 is 24.0 Å². The highest BCUT2D eigenvalue weighted by molar-refractivity contribution is 6.30. The maximum atomic E-state index is 12.7. The van der Waals surface area contributed by atoms with Gasteiger partial charge in [-0.05, 0) is 23.8 Å². The quantitative estimate of drug-likeness (QED) is 0.425. The average Bonchev–Trinajstić information content (AvgIpc) is 2.18. The van der Waals surface area contributed by atoms with Gasteiger partial charge in [-0.1, -0.05) is 35.9 Å². The smallest absolute Gasteiger partial charge is 0.142 e. The fourth-order valence-electron chi connectivity index (χ4n) is 0.892. The number of rotatable bonds is 3. The van der Waals surface area contributed by atoms with Crippen LogP contribution in [-0.2, 0) is 4.79 Å². The van der Waals surface area contributed by atoms with Crippen molar-refractivity contribution in [3.63, 3.8) is 0 Å². The molecule has 0 aliphatic rings. The fraction of sp³-hybridized carbons (Fsp3) is 0. The zero-order chi connectivity index (χ0) is 10.4. The predicted molar refractivity (Wildman–Crippen MR) is 55.6 cm³/mol. The van der Waals surface area contributed by atoms with E-state index in [1.807, 2.05) is 0 Å². The highest BCUT2D eigenvalue weighted by Crippen LogP contribution is 2.16. The number of hydrogen-bond donors (Lipinski definition) is 0. The molecule has 0 fully saturated rings. The topological polar surface area (TPSA) is 17.1 Å². The zero-order valence-electron chi connectivity index (χ0n) is 7.28. The summed E-state index contributed by atoms with van der Waals surface area (Å²) in [5.41, 5.74) is 0.784. The molecule has 0 unspecified atom stereocenters. The number of carbonyl (C=O) groups excluding carboxylic acids is 1. The van der Waals surface area contributed by atoms with Crippen LogP contribution in [0.25, 0.3) is 6.08 Å². The summed E-state index contributed by atoms with van der Waals surface area (Å²) in [5.74, 6) is -0.438. The van der Waals surface area contributed by atoms with Gasteiger partial charge in [-0.3, -0.25) is 4.79 Å². The molecule has 0 radical (unpaired) electrons. The molecule has 0 heterocycles. The SMILES string of the molecule is O=C/C=C/C=C/c1ccc(F)c(Cl)c1. The first-order valence-corrected chi connectivity index (χ1v) is 4.35. The molecule has 1 nitrogen and oxygen atoms in total. The van der Waals surface area contributed by atoms with Gasteiger partial charge in [0.1, 0.15) is 12.1 Å². The first-order chi connectivity index (χ1) is 6.74. The molecule has 3 heteroatoms. The average molecular weight is 211 g/mol. The van der Waals surface area contributed by atoms with Crippen LogP contribution in [0.3, 0.4) is 0 Å². The Morgan fingerprint density at radius 2 is 2.00 bits per heavy atom. The van der Waals surface area contributed by atoms with E-state index < -0.39 is 5.82 Å². The monoisotopic (exact) mass is 210 g/mol. The van der Waals surface area contributed by atoms with E-state index in [4.69, 9.17) is 11.6 Å². The minimum Gasteiger partial charge on any atom is -0.299 e. The maximum Gasteiger partial charge on any atom is 0.142 e. The Bertz CT molecular complexity index is 383. The summed E-state index contributed by atoms with van der Waals surface area (Å²) in [5, 5.41) is 0.0894. The number of aldehydes is 1. The van der Waals surface area contributed by atoms with E-state index in [-0.39, 0.29) is 5.02 Å². The molecule has 0 atom stereocenters. The van der Waals surface area contributed by atoms with Crippen molar-refractivity contribution in [2.75, 3.05) is 0 Å². The maximum absolute atomic E-state index is 12.7. The summed E-state index contributed by atoms with van der Waals surface area (Å²) in [4.78, 5) is 9.92. The van der Waals surface area contributed by atoms with Gasteiger partial charge >= 0.3 is 0 Å². The molecule has 0 amide bonds. The molecule has 14 heavy (non-hydrogen) atoms. The van der Waals surface area contributed by atoms with Crippen molar-refractivity contribution in [3.05, 3.63) is 52.8 Å². The highest BCUT2D eigenvalue weighted by atomic mass is 35.5. The molecule has 0 N–H and O–H groups in total. The van der Waals surface area contributed by atoms with Crippen molar-refractivity contribution in [2.45, 2.75) is 0 Å². The summed E-state index contributed by atoms with van der Waals surface area (Å²) >= 11 is 5.57. The van der Waals surface area contributed by atoms with Gasteiger partial charge in [-0.25, -0.2) is 4.39 Å². The van der Waals surface area contributed by atoms with Crippen LogP contribution in [0.4, 0.5) is 4.39 Å². The van der Waals surface area contributed by atoms with Crippen LogP contribution < -0.4 is 0 Å². The van der Waals surface area contributed by atoms with Crippen LogP contribution in [0.2, 0.25) is 5.02 Å². The molecule has 0 aliphatic heterocycles. The van der Waals surface area contributed by atoms with Gasteiger partial charge in [-0.2, -0.15) is 0 Å². The minimum absolute atomic E-state index is 0.0894. The van der Waals surface area contributed by atoms with Crippen LogP contribution in [0.1, 0.15) is 5.56 Å². The lowest BCUT2D eigenvalue weighted by molar-refractivity contribution is -0.104. The minimum atomic E-state index is -0.438. The second-order valence-corrected chi connectivity index (χ2v) is 2.96. The molecule has 0 bridgehead atoms. The number of hydrogen-bond acceptors (Lipinski definition) is 1. The van der Waals surface area contributed by atoms with Crippen LogP contribution in [0, 0.1) is 5.82 Å². The Morgan fingerprint density at radius 3 is 2.64 bits per heavy atom. The van der Waals surface area contributed by atoms with Gasteiger partial charge in [0, 0.05) is 0 Å². The van der Waals surface area contributed by atoms with E-state index in [9.17, 15) is 9.18 Å². The highest BCUT2D eigenvalue weighted by Gasteiger charge is 1.97. The molecular formula is C11H8ClFO. The molecule has 0 saturated carbocycles. The Balaban J connectivity index is 2.77. The lowest BCUT2D eigenvalue weighted by Crippen LogP contribution is -1.77. The van der Waals surface area contributed by atoms with Crippen molar-refractivity contribution in [3.8, 4) is 0 Å². The van der Waals surface area contributed by atoms with E-state index in [1.54, 1.807) is 24.3 Å². The van der Waals surface area contributed by atoms with E-state index in [1.165, 1.54) is 18.2 Å². The lowest BCUT2D eigenvalue weighted by atomic mass is 10.2. The Kier molecular flexibility index (Phi) is 4.08. The van der Waals surface area contributed by atoms with E-state index >= 15 is 0 Å². The lowest BCUT2D eigenvalue weighted by Gasteiger charge is -1.95. The van der Waals surface area contributed by atoms with E-state index in [0.29, 0.717) is 6.29 Å². The van der Waals surface area contributed by atoms with Gasteiger partial charge in [0.25, 0.3) is 0 Å². The third kappa shape index (κ3) is 3.15. The molecule has 0 saturated heterocycles. The summed E-state index contributed by atoms with van der Waals surface area (Å²) in [7, 11) is 0. The third-order valence-corrected chi connectivity index (χ3v) is 1.82. The normalized spacial score (nSPS) is 11.3. The summed E-state index contributed by atoms with van der Waals surface area (Å²) < 4.78 is 12.7. The molecule has 1 rings (SSSR count).